The molecule has 0 bridgehead atoms. The van der Waals surface area contributed by atoms with Crippen molar-refractivity contribution in [1.82, 2.24) is 10.6 Å². The lowest BCUT2D eigenvalue weighted by atomic mass is 10.1. The van der Waals surface area contributed by atoms with Gasteiger partial charge in [-0.25, -0.2) is 0 Å². The van der Waals surface area contributed by atoms with Crippen molar-refractivity contribution in [2.24, 2.45) is 21.5 Å². The Balaban J connectivity index is 0.00000344. The van der Waals surface area contributed by atoms with E-state index >= 15 is 0 Å². The molecule has 0 unspecified atom stereocenters. The summed E-state index contributed by atoms with van der Waals surface area (Å²) in [5.74, 6) is 0.944. The molecule has 2 aromatic carbocycles. The Kier molecular flexibility index (Phi) is 25.7. The Hall–Kier alpha value is -3.10. The van der Waals surface area contributed by atoms with Gasteiger partial charge in [-0.15, -0.1) is 0 Å². The average molecular weight is 541 g/mol. The predicted octanol–water partition coefficient (Wildman–Crippen LogP) is 5.80. The van der Waals surface area contributed by atoms with Crippen molar-refractivity contribution >= 4 is 23.3 Å². The fourth-order valence-electron chi connectivity index (χ4n) is 3.51. The highest BCUT2D eigenvalue weighted by molar-refractivity contribution is 5.92. The van der Waals surface area contributed by atoms with Crippen LogP contribution in [0.1, 0.15) is 72.6 Å². The summed E-state index contributed by atoms with van der Waals surface area (Å²) in [6, 6.07) is 19.7. The van der Waals surface area contributed by atoms with Gasteiger partial charge in [0.25, 0.3) is 0 Å². The topological polar surface area (TPSA) is 125 Å². The monoisotopic (exact) mass is 540 g/mol. The van der Waals surface area contributed by atoms with Crippen molar-refractivity contribution in [2.75, 3.05) is 49.9 Å². The fraction of sp³-hybridized carbons (Fsp3) is 0.548. The number of para-hydroxylation sites is 2. The van der Waals surface area contributed by atoms with E-state index in [4.69, 9.17) is 11.5 Å². The number of unbranched alkanes of at least 4 members (excludes halogenated alkanes) is 4. The van der Waals surface area contributed by atoms with Crippen molar-refractivity contribution < 1.29 is 0 Å². The van der Waals surface area contributed by atoms with Crippen LogP contribution in [0.25, 0.3) is 0 Å². The smallest absolute Gasteiger partial charge is 0.193 e. The largest absolute Gasteiger partial charge is 0.370 e. The van der Waals surface area contributed by atoms with E-state index in [2.05, 4.69) is 31.3 Å². The maximum Gasteiger partial charge on any atom is 0.193 e. The van der Waals surface area contributed by atoms with Crippen molar-refractivity contribution in [2.45, 2.75) is 72.6 Å². The first-order valence-electron chi connectivity index (χ1n) is 14.9. The summed E-state index contributed by atoms with van der Waals surface area (Å²) in [6.07, 6.45) is 8.29. The zero-order valence-corrected chi connectivity index (χ0v) is 25.0. The van der Waals surface area contributed by atoms with Crippen molar-refractivity contribution in [1.29, 1.82) is 0 Å². The van der Waals surface area contributed by atoms with E-state index in [1.807, 2.05) is 88.4 Å². The van der Waals surface area contributed by atoms with E-state index in [9.17, 15) is 0 Å². The Bertz CT molecular complexity index is 755. The van der Waals surface area contributed by atoms with Gasteiger partial charge in [-0.1, -0.05) is 83.4 Å². The number of nitrogens with one attached hydrogen (secondary N) is 4. The first kappa shape index (κ1) is 35.9. The standard InChI is InChI=1S/C27H44N8.2C2H6/c28-26(34-24-14-6-4-7-15-24)32-22-12-20-30-18-10-2-1-3-11-19-31-21-13-23-33-27(29)35-25-16-8-5-9-17-25;2*1-2/h4-9,14-17,30-31H,1-3,10-13,18-23H2,(H3,28,32,34)(H3,29,33,35);2*1-2H3. The molecule has 0 aromatic heterocycles. The van der Waals surface area contributed by atoms with Gasteiger partial charge in [0.2, 0.25) is 0 Å². The van der Waals surface area contributed by atoms with Crippen LogP contribution in [-0.4, -0.2) is 51.2 Å². The Labute approximate surface area is 238 Å². The second kappa shape index (κ2) is 27.9. The lowest BCUT2D eigenvalue weighted by Crippen LogP contribution is -2.23. The molecule has 0 saturated heterocycles. The van der Waals surface area contributed by atoms with Crippen LogP contribution in [-0.2, 0) is 0 Å². The maximum absolute atomic E-state index is 5.90. The van der Waals surface area contributed by atoms with Crippen LogP contribution in [0.4, 0.5) is 11.4 Å². The zero-order valence-electron chi connectivity index (χ0n) is 25.0. The number of nitrogens with two attached hydrogens (primary N) is 2. The maximum atomic E-state index is 5.90. The second-order valence-electron chi connectivity index (χ2n) is 8.49. The predicted molar refractivity (Wildman–Crippen MR) is 174 cm³/mol. The van der Waals surface area contributed by atoms with Crippen molar-refractivity contribution in [3.05, 3.63) is 60.7 Å². The first-order chi connectivity index (χ1) is 19.2. The molecule has 8 N–H and O–H groups in total. The van der Waals surface area contributed by atoms with Gasteiger partial charge < -0.3 is 32.7 Å². The molecule has 2 rings (SSSR count). The third kappa shape index (κ3) is 22.6. The summed E-state index contributed by atoms with van der Waals surface area (Å²) in [6.45, 7) is 13.6. The number of nitrogens with zero attached hydrogens (tertiary/aromatic N) is 2. The van der Waals surface area contributed by atoms with Crippen LogP contribution >= 0.6 is 0 Å². The van der Waals surface area contributed by atoms with Crippen LogP contribution in [0.5, 0.6) is 0 Å². The number of guanidine groups is 2. The summed E-state index contributed by atoms with van der Waals surface area (Å²) in [4.78, 5) is 8.73. The first-order valence-corrected chi connectivity index (χ1v) is 14.9. The minimum atomic E-state index is 0.472. The zero-order chi connectivity index (χ0) is 28.8. The third-order valence-corrected chi connectivity index (χ3v) is 5.39. The Morgan fingerprint density at radius 1 is 0.513 bits per heavy atom. The Morgan fingerprint density at radius 2 is 0.846 bits per heavy atom. The van der Waals surface area contributed by atoms with Gasteiger partial charge in [-0.2, -0.15) is 0 Å². The normalized spacial score (nSPS) is 11.1. The minimum absolute atomic E-state index is 0.472. The molecular weight excluding hydrogens is 484 g/mol. The van der Waals surface area contributed by atoms with Crippen molar-refractivity contribution in [3.8, 4) is 0 Å². The molecule has 0 aliphatic rings. The quantitative estimate of drug-likeness (QED) is 0.0806. The van der Waals surface area contributed by atoms with Gasteiger partial charge in [0, 0.05) is 24.5 Å². The number of rotatable bonds is 18. The van der Waals surface area contributed by atoms with Crippen LogP contribution in [0.2, 0.25) is 0 Å². The molecule has 2 aromatic rings. The van der Waals surface area contributed by atoms with Gasteiger partial charge in [0.1, 0.15) is 0 Å². The van der Waals surface area contributed by atoms with Gasteiger partial charge in [-0.3, -0.25) is 9.98 Å². The Morgan fingerprint density at radius 3 is 1.23 bits per heavy atom. The molecule has 220 valence electrons. The molecule has 0 heterocycles. The fourth-order valence-corrected chi connectivity index (χ4v) is 3.51. The van der Waals surface area contributed by atoms with E-state index < -0.39 is 0 Å². The highest BCUT2D eigenvalue weighted by Crippen LogP contribution is 2.05. The lowest BCUT2D eigenvalue weighted by Gasteiger charge is -2.07. The highest BCUT2D eigenvalue weighted by atomic mass is 15.1. The molecule has 0 saturated carbocycles. The molecule has 0 aliphatic carbocycles. The minimum Gasteiger partial charge on any atom is -0.370 e. The molecule has 0 aliphatic heterocycles. The molecule has 0 atom stereocenters. The molecule has 0 radical (unpaired) electrons. The molecule has 0 fully saturated rings. The number of aliphatic imine (C=N–C) groups is 2. The molecule has 8 heteroatoms. The summed E-state index contributed by atoms with van der Waals surface area (Å²) in [5.41, 5.74) is 13.7. The lowest BCUT2D eigenvalue weighted by molar-refractivity contribution is 0.550. The second-order valence-corrected chi connectivity index (χ2v) is 8.49. The molecule has 0 spiro atoms. The summed E-state index contributed by atoms with van der Waals surface area (Å²) < 4.78 is 0. The highest BCUT2D eigenvalue weighted by Gasteiger charge is 1.96. The van der Waals surface area contributed by atoms with Crippen LogP contribution in [0, 0.1) is 0 Å². The number of anilines is 2. The van der Waals surface area contributed by atoms with E-state index in [-0.39, 0.29) is 0 Å². The van der Waals surface area contributed by atoms with Crippen LogP contribution < -0.4 is 32.7 Å². The van der Waals surface area contributed by atoms with Gasteiger partial charge in [-0.05, 0) is 76.1 Å². The SMILES string of the molecule is CC.CC.NC(=NCCCNCCCCCCCNCCCN=C(N)Nc1ccccc1)Nc1ccccc1. The van der Waals surface area contributed by atoms with Gasteiger partial charge in [0.05, 0.1) is 0 Å². The van der Waals surface area contributed by atoms with Crippen LogP contribution in [0.3, 0.4) is 0 Å². The van der Waals surface area contributed by atoms with Crippen molar-refractivity contribution in [3.63, 3.8) is 0 Å². The van der Waals surface area contributed by atoms with Gasteiger partial charge >= 0.3 is 0 Å². The van der Waals surface area contributed by atoms with Crippen LogP contribution in [0.15, 0.2) is 70.6 Å². The third-order valence-electron chi connectivity index (χ3n) is 5.39. The molecule has 39 heavy (non-hydrogen) atoms. The number of benzene rings is 2. The van der Waals surface area contributed by atoms with E-state index in [0.29, 0.717) is 11.9 Å². The van der Waals surface area contributed by atoms with Gasteiger partial charge in [0.15, 0.2) is 11.9 Å². The average Bonchev–Trinajstić information content (AvgIpc) is 2.98. The number of hydrogen-bond donors (Lipinski definition) is 6. The molecule has 0 amide bonds. The molecule has 8 nitrogen and oxygen atoms in total. The summed E-state index contributed by atoms with van der Waals surface area (Å²) in [7, 11) is 0. The van der Waals surface area contributed by atoms with E-state index in [1.54, 1.807) is 0 Å². The summed E-state index contributed by atoms with van der Waals surface area (Å²) >= 11 is 0. The molecular formula is C31H56N8. The summed E-state index contributed by atoms with van der Waals surface area (Å²) in [5, 5.41) is 13.2. The van der Waals surface area contributed by atoms with E-state index in [0.717, 1.165) is 63.5 Å². The van der Waals surface area contributed by atoms with E-state index in [1.165, 1.54) is 32.1 Å². The number of hydrogen-bond acceptors (Lipinski definition) is 4.